The zero-order valence-corrected chi connectivity index (χ0v) is 14.2. The van der Waals surface area contributed by atoms with Crippen LogP contribution in [0.5, 0.6) is 0 Å². The minimum atomic E-state index is -0.453. The van der Waals surface area contributed by atoms with E-state index in [2.05, 4.69) is 9.97 Å². The third-order valence-electron chi connectivity index (χ3n) is 4.06. The Morgan fingerprint density at radius 3 is 2.72 bits per heavy atom. The molecule has 0 amide bonds. The van der Waals surface area contributed by atoms with Gasteiger partial charge in [0, 0.05) is 17.5 Å². The van der Waals surface area contributed by atoms with Gasteiger partial charge in [-0.1, -0.05) is 12.1 Å². The van der Waals surface area contributed by atoms with E-state index in [0.29, 0.717) is 34.6 Å². The molecule has 3 rings (SSSR count). The summed E-state index contributed by atoms with van der Waals surface area (Å²) in [5, 5.41) is 0.745. The number of nitrogen functional groups attached to an aromatic ring is 1. The summed E-state index contributed by atoms with van der Waals surface area (Å²) in [7, 11) is 1.32. The van der Waals surface area contributed by atoms with Crippen LogP contribution in [0.15, 0.2) is 35.1 Å². The van der Waals surface area contributed by atoms with Gasteiger partial charge in [0.2, 0.25) is 5.95 Å². The fraction of sp³-hybridized carbons (Fsp3) is 0.222. The van der Waals surface area contributed by atoms with E-state index >= 15 is 0 Å². The highest BCUT2D eigenvalue weighted by molar-refractivity contribution is 5.91. The second-order valence-electron chi connectivity index (χ2n) is 5.58. The van der Waals surface area contributed by atoms with E-state index in [4.69, 9.17) is 10.5 Å². The standard InChI is InChI=1S/C18H18N4O3/c1-4-22-15-13(10(2)20-18(19)21-15)9-14(16(22)23)11-6-5-7-12(8-11)17(24)25-3/h5-9H,4H2,1-3H3,(H2,19,20,21). The topological polar surface area (TPSA) is 100 Å². The first-order chi connectivity index (χ1) is 12.0. The number of anilines is 1. The first kappa shape index (κ1) is 16.6. The van der Waals surface area contributed by atoms with E-state index in [1.54, 1.807) is 34.9 Å². The van der Waals surface area contributed by atoms with Gasteiger partial charge >= 0.3 is 5.97 Å². The largest absolute Gasteiger partial charge is 0.465 e. The van der Waals surface area contributed by atoms with Crippen LogP contribution in [0.1, 0.15) is 23.0 Å². The molecule has 0 spiro atoms. The Labute approximate surface area is 144 Å². The third-order valence-corrected chi connectivity index (χ3v) is 4.06. The Balaban J connectivity index is 2.33. The molecule has 0 aliphatic rings. The van der Waals surface area contributed by atoms with Gasteiger partial charge in [-0.2, -0.15) is 4.98 Å². The van der Waals surface area contributed by atoms with E-state index in [-0.39, 0.29) is 11.5 Å². The summed E-state index contributed by atoms with van der Waals surface area (Å²) < 4.78 is 6.30. The quantitative estimate of drug-likeness (QED) is 0.735. The number of ether oxygens (including phenoxy) is 1. The molecule has 1 aromatic carbocycles. The van der Waals surface area contributed by atoms with Crippen LogP contribution in [0.3, 0.4) is 0 Å². The summed E-state index contributed by atoms with van der Waals surface area (Å²) in [6, 6.07) is 8.52. The number of fused-ring (bicyclic) bond motifs is 1. The number of nitrogens with zero attached hydrogens (tertiary/aromatic N) is 3. The van der Waals surface area contributed by atoms with Crippen LogP contribution in [0, 0.1) is 6.92 Å². The molecule has 7 nitrogen and oxygen atoms in total. The van der Waals surface area contributed by atoms with Gasteiger partial charge in [0.1, 0.15) is 5.65 Å². The fourth-order valence-corrected chi connectivity index (χ4v) is 2.84. The minimum Gasteiger partial charge on any atom is -0.465 e. The van der Waals surface area contributed by atoms with E-state index < -0.39 is 5.97 Å². The maximum atomic E-state index is 12.9. The van der Waals surface area contributed by atoms with Crippen molar-refractivity contribution in [3.8, 4) is 11.1 Å². The number of esters is 1. The van der Waals surface area contributed by atoms with Gasteiger partial charge in [0.15, 0.2) is 0 Å². The van der Waals surface area contributed by atoms with Crippen LogP contribution in [-0.2, 0) is 11.3 Å². The van der Waals surface area contributed by atoms with E-state index in [0.717, 1.165) is 5.39 Å². The van der Waals surface area contributed by atoms with E-state index in [1.165, 1.54) is 7.11 Å². The van der Waals surface area contributed by atoms with Crippen LogP contribution < -0.4 is 11.3 Å². The van der Waals surface area contributed by atoms with Crippen molar-refractivity contribution in [3.05, 3.63) is 51.9 Å². The molecule has 25 heavy (non-hydrogen) atoms. The number of aryl methyl sites for hydroxylation is 2. The van der Waals surface area contributed by atoms with Gasteiger partial charge in [-0.05, 0) is 37.6 Å². The summed E-state index contributed by atoms with van der Waals surface area (Å²) in [6.07, 6.45) is 0. The highest BCUT2D eigenvalue weighted by Crippen LogP contribution is 2.23. The van der Waals surface area contributed by atoms with Crippen LogP contribution in [-0.4, -0.2) is 27.6 Å². The summed E-state index contributed by atoms with van der Waals surface area (Å²) in [5.41, 5.74) is 8.21. The molecule has 2 N–H and O–H groups in total. The fourth-order valence-electron chi connectivity index (χ4n) is 2.84. The summed E-state index contributed by atoms with van der Waals surface area (Å²) in [6.45, 7) is 4.12. The highest BCUT2D eigenvalue weighted by Gasteiger charge is 2.15. The van der Waals surface area contributed by atoms with Gasteiger partial charge in [0.25, 0.3) is 5.56 Å². The van der Waals surface area contributed by atoms with Crippen molar-refractivity contribution in [2.45, 2.75) is 20.4 Å². The van der Waals surface area contributed by atoms with Crippen LogP contribution in [0.25, 0.3) is 22.2 Å². The number of carbonyl (C=O) groups is 1. The van der Waals surface area contributed by atoms with Gasteiger partial charge in [0.05, 0.1) is 18.4 Å². The summed E-state index contributed by atoms with van der Waals surface area (Å²) in [5.74, 6) is -0.321. The van der Waals surface area contributed by atoms with Crippen molar-refractivity contribution in [1.82, 2.24) is 14.5 Å². The van der Waals surface area contributed by atoms with Crippen LogP contribution >= 0.6 is 0 Å². The number of nitrogens with two attached hydrogens (primary N) is 1. The average Bonchev–Trinajstić information content (AvgIpc) is 2.60. The summed E-state index contributed by atoms with van der Waals surface area (Å²) >= 11 is 0. The number of aromatic nitrogens is 3. The van der Waals surface area contributed by atoms with Gasteiger partial charge in [-0.3, -0.25) is 9.36 Å². The second kappa shape index (κ2) is 6.35. The SMILES string of the molecule is CCn1c(=O)c(-c2cccc(C(=O)OC)c2)cc2c(C)nc(N)nc21. The predicted molar refractivity (Wildman–Crippen MR) is 95.4 cm³/mol. The van der Waals surface area contributed by atoms with E-state index in [9.17, 15) is 9.59 Å². The Kier molecular flexibility index (Phi) is 4.22. The second-order valence-corrected chi connectivity index (χ2v) is 5.58. The molecular formula is C18H18N4O3. The molecule has 2 aromatic heterocycles. The number of pyridine rings is 1. The molecule has 0 atom stereocenters. The first-order valence-electron chi connectivity index (χ1n) is 7.82. The molecule has 0 fully saturated rings. The van der Waals surface area contributed by atoms with Crippen molar-refractivity contribution in [2.75, 3.05) is 12.8 Å². The van der Waals surface area contributed by atoms with Gasteiger partial charge in [-0.15, -0.1) is 0 Å². The average molecular weight is 338 g/mol. The predicted octanol–water partition coefficient (Wildman–Crippen LogP) is 2.16. The molecule has 0 saturated heterocycles. The molecule has 0 saturated carbocycles. The number of rotatable bonds is 3. The zero-order chi connectivity index (χ0) is 18.1. The Morgan fingerprint density at radius 2 is 2.04 bits per heavy atom. The number of benzene rings is 1. The van der Waals surface area contributed by atoms with Crippen molar-refractivity contribution in [3.63, 3.8) is 0 Å². The van der Waals surface area contributed by atoms with Gasteiger partial charge < -0.3 is 10.5 Å². The lowest BCUT2D eigenvalue weighted by atomic mass is 10.0. The van der Waals surface area contributed by atoms with Crippen LogP contribution in [0.2, 0.25) is 0 Å². The maximum absolute atomic E-state index is 12.9. The maximum Gasteiger partial charge on any atom is 0.337 e. The molecule has 0 aliphatic heterocycles. The van der Waals surface area contributed by atoms with E-state index in [1.807, 2.05) is 13.8 Å². The Morgan fingerprint density at radius 1 is 1.28 bits per heavy atom. The minimum absolute atomic E-state index is 0.132. The number of hydrogen-bond donors (Lipinski definition) is 1. The highest BCUT2D eigenvalue weighted by atomic mass is 16.5. The molecule has 0 radical (unpaired) electrons. The van der Waals surface area contributed by atoms with Crippen molar-refractivity contribution < 1.29 is 9.53 Å². The summed E-state index contributed by atoms with van der Waals surface area (Å²) in [4.78, 5) is 33.1. The smallest absolute Gasteiger partial charge is 0.337 e. The molecule has 0 aliphatic carbocycles. The lowest BCUT2D eigenvalue weighted by Gasteiger charge is -2.12. The third kappa shape index (κ3) is 2.84. The molecule has 128 valence electrons. The zero-order valence-electron chi connectivity index (χ0n) is 14.2. The number of methoxy groups -OCH3 is 1. The molecule has 3 aromatic rings. The van der Waals surface area contributed by atoms with Crippen molar-refractivity contribution >= 4 is 23.0 Å². The van der Waals surface area contributed by atoms with Gasteiger partial charge in [-0.25, -0.2) is 9.78 Å². The molecule has 0 bridgehead atoms. The number of carbonyl (C=O) groups excluding carboxylic acids is 1. The Hall–Kier alpha value is -3.22. The first-order valence-corrected chi connectivity index (χ1v) is 7.82. The van der Waals surface area contributed by atoms with Crippen molar-refractivity contribution in [2.24, 2.45) is 0 Å². The molecule has 7 heteroatoms. The van der Waals surface area contributed by atoms with Crippen LogP contribution in [0.4, 0.5) is 5.95 Å². The lowest BCUT2D eigenvalue weighted by Crippen LogP contribution is -2.23. The molecule has 0 unspecified atom stereocenters. The Bertz CT molecular complexity index is 1040. The monoisotopic (exact) mass is 338 g/mol. The normalized spacial score (nSPS) is 10.8. The molecule has 2 heterocycles. The molecular weight excluding hydrogens is 320 g/mol. The number of hydrogen-bond acceptors (Lipinski definition) is 6. The van der Waals surface area contributed by atoms with Crippen molar-refractivity contribution in [1.29, 1.82) is 0 Å². The lowest BCUT2D eigenvalue weighted by molar-refractivity contribution is 0.0601.